The summed E-state index contributed by atoms with van der Waals surface area (Å²) in [5.41, 5.74) is 4.01. The summed E-state index contributed by atoms with van der Waals surface area (Å²) in [6.45, 7) is 6.33. The van der Waals surface area contributed by atoms with E-state index in [0.717, 1.165) is 19.3 Å². The minimum Gasteiger partial charge on any atom is -0.270 e. The first-order chi connectivity index (χ1) is 6.72. The van der Waals surface area contributed by atoms with Crippen molar-refractivity contribution < 1.29 is 19.5 Å². The second-order valence-electron chi connectivity index (χ2n) is 3.66. The van der Waals surface area contributed by atoms with Crippen molar-refractivity contribution in [1.82, 2.24) is 0 Å². The van der Waals surface area contributed by atoms with Crippen LogP contribution in [0.25, 0.3) is 0 Å². The monoisotopic (exact) mass is 288 g/mol. The van der Waals surface area contributed by atoms with Crippen LogP contribution < -0.4 is 0 Å². The first-order valence-electron chi connectivity index (χ1n) is 5.24. The van der Waals surface area contributed by atoms with Gasteiger partial charge in [-0.2, -0.15) is 11.6 Å². The molecule has 0 saturated heterocycles. The summed E-state index contributed by atoms with van der Waals surface area (Å²) in [4.78, 5) is 0. The van der Waals surface area contributed by atoms with Gasteiger partial charge in [-0.3, -0.25) is 12.2 Å². The molecule has 0 atom stereocenters. The molecule has 0 aromatic carbocycles. The van der Waals surface area contributed by atoms with E-state index in [1.165, 1.54) is 16.7 Å². The van der Waals surface area contributed by atoms with Gasteiger partial charge in [0.05, 0.1) is 0 Å². The van der Waals surface area contributed by atoms with Crippen LogP contribution in [0.15, 0.2) is 34.9 Å². The zero-order chi connectivity index (χ0) is 10.4. The molecule has 1 heteroatoms. The Labute approximate surface area is 107 Å². The van der Waals surface area contributed by atoms with E-state index in [1.807, 2.05) is 0 Å². The van der Waals surface area contributed by atoms with Crippen LogP contribution in [0.1, 0.15) is 40.0 Å². The van der Waals surface area contributed by atoms with Gasteiger partial charge in [0.15, 0.2) is 0 Å². The van der Waals surface area contributed by atoms with Crippen molar-refractivity contribution in [2.45, 2.75) is 40.0 Å². The fourth-order valence-corrected chi connectivity index (χ4v) is 1.44. The van der Waals surface area contributed by atoms with E-state index in [-0.39, 0.29) is 19.5 Å². The summed E-state index contributed by atoms with van der Waals surface area (Å²) in [7, 11) is 0. The molecule has 0 aromatic heterocycles. The molecule has 0 bridgehead atoms. The normalized spacial score (nSPS) is 17.1. The van der Waals surface area contributed by atoms with Crippen molar-refractivity contribution in [3.8, 4) is 0 Å². The fourth-order valence-electron chi connectivity index (χ4n) is 1.44. The Morgan fingerprint density at radius 1 is 1.33 bits per heavy atom. The predicted molar refractivity (Wildman–Crippen MR) is 61.6 cm³/mol. The molecule has 0 nitrogen and oxygen atoms in total. The first-order valence-corrected chi connectivity index (χ1v) is 5.24. The molecule has 2 aliphatic carbocycles. The third-order valence-electron chi connectivity index (χ3n) is 2.27. The van der Waals surface area contributed by atoms with Gasteiger partial charge in [0.1, 0.15) is 0 Å². The number of hydrogen-bond acceptors (Lipinski definition) is 0. The molecule has 0 heterocycles. The molecule has 2 aliphatic rings. The number of hydrogen-bond donors (Lipinski definition) is 0. The van der Waals surface area contributed by atoms with Crippen molar-refractivity contribution in [2.75, 3.05) is 0 Å². The van der Waals surface area contributed by atoms with Gasteiger partial charge in [-0.1, -0.05) is 33.6 Å². The van der Waals surface area contributed by atoms with Crippen LogP contribution >= 0.6 is 0 Å². The zero-order valence-electron chi connectivity index (χ0n) is 9.71. The third kappa shape index (κ3) is 5.89. The van der Waals surface area contributed by atoms with Gasteiger partial charge in [-0.25, -0.2) is 23.3 Å². The average molecular weight is 287 g/mol. The quantitative estimate of drug-likeness (QED) is 0.501. The Balaban J connectivity index is 0.000000245. The van der Waals surface area contributed by atoms with Crippen LogP contribution in [0.5, 0.6) is 0 Å². The summed E-state index contributed by atoms with van der Waals surface area (Å²) in [6, 6.07) is 0. The van der Waals surface area contributed by atoms with E-state index >= 15 is 0 Å². The van der Waals surface area contributed by atoms with Gasteiger partial charge in [-0.05, 0) is 0 Å². The minimum atomic E-state index is 0. The molecule has 0 unspecified atom stereocenters. The largest absolute Gasteiger partial charge is 2.00 e. The smallest absolute Gasteiger partial charge is 0.270 e. The SMILES string of the molecule is CC1=[C-]C(C)=CC1.CCC1=[C-]CC=C1.[Ru+2]. The van der Waals surface area contributed by atoms with Gasteiger partial charge in [-0.15, -0.1) is 6.42 Å². The zero-order valence-corrected chi connectivity index (χ0v) is 11.4. The van der Waals surface area contributed by atoms with E-state index in [4.69, 9.17) is 0 Å². The molecular weight excluding hydrogens is 269 g/mol. The number of allylic oxidation sites excluding steroid dienone is 8. The predicted octanol–water partition coefficient (Wildman–Crippen LogP) is 4.17. The fraction of sp³-hybridized carbons (Fsp3) is 0.429. The van der Waals surface area contributed by atoms with Crippen molar-refractivity contribution in [1.29, 1.82) is 0 Å². The molecule has 82 valence electrons. The van der Waals surface area contributed by atoms with Crippen LogP contribution in [0, 0.1) is 12.2 Å². The van der Waals surface area contributed by atoms with Crippen molar-refractivity contribution in [3.63, 3.8) is 0 Å². The van der Waals surface area contributed by atoms with Gasteiger partial charge in [0.2, 0.25) is 0 Å². The number of rotatable bonds is 1. The molecule has 15 heavy (non-hydrogen) atoms. The average Bonchev–Trinajstić information content (AvgIpc) is 2.78. The van der Waals surface area contributed by atoms with Crippen LogP contribution in [0.2, 0.25) is 0 Å². The van der Waals surface area contributed by atoms with Crippen LogP contribution in [0.4, 0.5) is 0 Å². The molecule has 0 saturated carbocycles. The summed E-state index contributed by atoms with van der Waals surface area (Å²) in [6.07, 6.45) is 16.2. The summed E-state index contributed by atoms with van der Waals surface area (Å²) < 4.78 is 0. The maximum Gasteiger partial charge on any atom is 2.00 e. The second kappa shape index (κ2) is 7.82. The first kappa shape index (κ1) is 14.6. The Hall–Kier alpha value is -0.417. The van der Waals surface area contributed by atoms with E-state index in [0.29, 0.717) is 0 Å². The Morgan fingerprint density at radius 2 is 2.07 bits per heavy atom. The van der Waals surface area contributed by atoms with Crippen LogP contribution in [-0.4, -0.2) is 0 Å². The Bertz CT molecular complexity index is 303. The topological polar surface area (TPSA) is 0 Å². The third-order valence-corrected chi connectivity index (χ3v) is 2.27. The Morgan fingerprint density at radius 3 is 2.27 bits per heavy atom. The van der Waals surface area contributed by atoms with Crippen LogP contribution in [-0.2, 0) is 19.5 Å². The van der Waals surface area contributed by atoms with Crippen molar-refractivity contribution in [2.24, 2.45) is 0 Å². The van der Waals surface area contributed by atoms with Crippen LogP contribution in [0.3, 0.4) is 0 Å². The van der Waals surface area contributed by atoms with Crippen molar-refractivity contribution in [3.05, 3.63) is 47.1 Å². The maximum atomic E-state index is 3.21. The second-order valence-corrected chi connectivity index (χ2v) is 3.66. The summed E-state index contributed by atoms with van der Waals surface area (Å²) >= 11 is 0. The van der Waals surface area contributed by atoms with Gasteiger partial charge in [0.25, 0.3) is 0 Å². The molecule has 0 aromatic rings. The summed E-state index contributed by atoms with van der Waals surface area (Å²) in [5.74, 6) is 0. The molecule has 2 rings (SSSR count). The van der Waals surface area contributed by atoms with E-state index in [9.17, 15) is 0 Å². The van der Waals surface area contributed by atoms with Gasteiger partial charge >= 0.3 is 19.5 Å². The standard InChI is InChI=1S/2C7H9.Ru/c1-6-3-4-7(2)5-6;1-2-7-5-3-4-6-7;/h3H,4H2,1-2H3;3,5H,2,4H2,1H3;/q2*-1;+2. The Kier molecular flexibility index (Phi) is 7.60. The molecule has 0 N–H and O–H groups in total. The minimum absolute atomic E-state index is 0. The van der Waals surface area contributed by atoms with Gasteiger partial charge < -0.3 is 0 Å². The van der Waals surface area contributed by atoms with E-state index < -0.39 is 0 Å². The molecule has 0 radical (unpaired) electrons. The summed E-state index contributed by atoms with van der Waals surface area (Å²) in [5, 5.41) is 0. The van der Waals surface area contributed by atoms with E-state index in [2.05, 4.69) is 51.2 Å². The molecular formula is C14H18Ru. The molecule has 0 amide bonds. The molecule has 0 fully saturated rings. The van der Waals surface area contributed by atoms with Gasteiger partial charge in [0, 0.05) is 0 Å². The molecule has 0 aliphatic heterocycles. The van der Waals surface area contributed by atoms with Crippen molar-refractivity contribution >= 4 is 0 Å². The molecule has 0 spiro atoms. The van der Waals surface area contributed by atoms with E-state index in [1.54, 1.807) is 0 Å². The maximum absolute atomic E-state index is 3.21.